The third-order valence-electron chi connectivity index (χ3n) is 7.08. The van der Waals surface area contributed by atoms with Crippen molar-refractivity contribution in [2.24, 2.45) is 0 Å². The number of hydrogen-bond acceptors (Lipinski definition) is 1. The smallest absolute Gasteiger partial charge is 0.0527 e. The number of fused-ring (bicyclic) bond motifs is 3. The lowest BCUT2D eigenvalue weighted by atomic mass is 9.76. The van der Waals surface area contributed by atoms with E-state index in [0.717, 1.165) is 5.57 Å². The van der Waals surface area contributed by atoms with Crippen LogP contribution in [0, 0.1) is 6.92 Å². The van der Waals surface area contributed by atoms with E-state index in [4.69, 9.17) is 0 Å². The van der Waals surface area contributed by atoms with Crippen molar-refractivity contribution in [2.75, 3.05) is 11.9 Å². The number of rotatable bonds is 4. The molecule has 0 saturated heterocycles. The molecule has 158 valence electrons. The van der Waals surface area contributed by atoms with Crippen LogP contribution in [0.2, 0.25) is 0 Å². The minimum Gasteiger partial charge on any atom is -0.347 e. The third-order valence-corrected chi connectivity index (χ3v) is 7.08. The van der Waals surface area contributed by atoms with Gasteiger partial charge in [0.15, 0.2) is 0 Å². The molecular formula is C30H33N. The van der Waals surface area contributed by atoms with Gasteiger partial charge in [-0.2, -0.15) is 0 Å². The molecule has 0 spiro atoms. The number of allylic oxidation sites excluding steroid dienone is 5. The molecular weight excluding hydrogens is 374 g/mol. The highest BCUT2D eigenvalue weighted by molar-refractivity contribution is 5.99. The van der Waals surface area contributed by atoms with Crippen molar-refractivity contribution in [3.05, 3.63) is 113 Å². The predicted octanol–water partition coefficient (Wildman–Crippen LogP) is 7.85. The lowest BCUT2D eigenvalue weighted by Crippen LogP contribution is -2.22. The molecule has 0 saturated carbocycles. The average Bonchev–Trinajstić information content (AvgIpc) is 2.94. The number of aryl methyl sites for hydroxylation is 1. The van der Waals surface area contributed by atoms with E-state index in [0.29, 0.717) is 0 Å². The standard InChI is InChI=1S/C30H33N/c1-21-13-8-11-17-25(21)29(3,4)22(2)14-12-18-27-30(5,6)26-20-19-23-15-9-10-16-24(23)28(26)31(27)7/h8-20H,2H2,1,3-7H3/b14-12+,27-18+. The van der Waals surface area contributed by atoms with Gasteiger partial charge in [0.1, 0.15) is 0 Å². The molecule has 1 aliphatic rings. The van der Waals surface area contributed by atoms with E-state index in [2.05, 4.69) is 132 Å². The molecule has 4 rings (SSSR count). The van der Waals surface area contributed by atoms with Gasteiger partial charge in [0.2, 0.25) is 0 Å². The maximum absolute atomic E-state index is 4.41. The molecule has 0 atom stereocenters. The molecule has 0 unspecified atom stereocenters. The molecule has 0 aliphatic carbocycles. The van der Waals surface area contributed by atoms with Crippen LogP contribution in [0.4, 0.5) is 5.69 Å². The van der Waals surface area contributed by atoms with E-state index >= 15 is 0 Å². The van der Waals surface area contributed by atoms with Gasteiger partial charge in [-0.15, -0.1) is 0 Å². The molecule has 1 aliphatic heterocycles. The van der Waals surface area contributed by atoms with Crippen molar-refractivity contribution in [3.63, 3.8) is 0 Å². The first-order valence-electron chi connectivity index (χ1n) is 11.1. The Morgan fingerprint density at radius 1 is 0.968 bits per heavy atom. The van der Waals surface area contributed by atoms with Crippen molar-refractivity contribution in [1.82, 2.24) is 0 Å². The summed E-state index contributed by atoms with van der Waals surface area (Å²) in [6.45, 7) is 15.7. The van der Waals surface area contributed by atoms with Gasteiger partial charge in [-0.3, -0.25) is 0 Å². The van der Waals surface area contributed by atoms with Crippen LogP contribution in [0.15, 0.2) is 96.7 Å². The maximum Gasteiger partial charge on any atom is 0.0527 e. The normalized spacial score (nSPS) is 17.0. The number of benzene rings is 3. The van der Waals surface area contributed by atoms with E-state index in [1.165, 1.54) is 38.8 Å². The van der Waals surface area contributed by atoms with Crippen LogP contribution < -0.4 is 4.90 Å². The van der Waals surface area contributed by atoms with Crippen molar-refractivity contribution in [1.29, 1.82) is 0 Å². The van der Waals surface area contributed by atoms with Gasteiger partial charge in [0.25, 0.3) is 0 Å². The molecule has 1 heteroatoms. The molecule has 3 aromatic rings. The quantitative estimate of drug-likeness (QED) is 0.398. The largest absolute Gasteiger partial charge is 0.347 e. The topological polar surface area (TPSA) is 3.24 Å². The van der Waals surface area contributed by atoms with Gasteiger partial charge in [-0.1, -0.05) is 107 Å². The zero-order valence-corrected chi connectivity index (χ0v) is 19.7. The second kappa shape index (κ2) is 7.57. The summed E-state index contributed by atoms with van der Waals surface area (Å²) in [5, 5.41) is 2.60. The Labute approximate surface area is 187 Å². The summed E-state index contributed by atoms with van der Waals surface area (Å²) in [5.41, 5.74) is 7.59. The van der Waals surface area contributed by atoms with Crippen molar-refractivity contribution >= 4 is 16.5 Å². The average molecular weight is 408 g/mol. The summed E-state index contributed by atoms with van der Waals surface area (Å²) >= 11 is 0. The highest BCUT2D eigenvalue weighted by atomic mass is 15.2. The molecule has 1 heterocycles. The molecule has 0 bridgehead atoms. The molecule has 1 nitrogen and oxygen atoms in total. The van der Waals surface area contributed by atoms with E-state index < -0.39 is 0 Å². The van der Waals surface area contributed by atoms with Gasteiger partial charge in [-0.05, 0) is 40.6 Å². The molecule has 31 heavy (non-hydrogen) atoms. The zero-order valence-electron chi connectivity index (χ0n) is 19.7. The van der Waals surface area contributed by atoms with Gasteiger partial charge >= 0.3 is 0 Å². The van der Waals surface area contributed by atoms with Crippen LogP contribution in [0.1, 0.15) is 44.4 Å². The number of likely N-dealkylation sites (N-methyl/N-ethyl adjacent to an activating group) is 1. The number of nitrogens with zero attached hydrogens (tertiary/aromatic N) is 1. The van der Waals surface area contributed by atoms with E-state index in [1.54, 1.807) is 0 Å². The highest BCUT2D eigenvalue weighted by Gasteiger charge is 2.39. The van der Waals surface area contributed by atoms with Crippen molar-refractivity contribution in [2.45, 2.75) is 45.4 Å². The summed E-state index contributed by atoms with van der Waals surface area (Å²) in [7, 11) is 2.19. The number of anilines is 1. The van der Waals surface area contributed by atoms with Gasteiger partial charge in [-0.25, -0.2) is 0 Å². The zero-order chi connectivity index (χ0) is 22.4. The van der Waals surface area contributed by atoms with Crippen LogP contribution in [0.3, 0.4) is 0 Å². The summed E-state index contributed by atoms with van der Waals surface area (Å²) < 4.78 is 0. The summed E-state index contributed by atoms with van der Waals surface area (Å²) in [4.78, 5) is 2.36. The second-order valence-corrected chi connectivity index (χ2v) is 9.74. The monoisotopic (exact) mass is 407 g/mol. The van der Waals surface area contributed by atoms with Gasteiger partial charge in [0, 0.05) is 29.0 Å². The Kier molecular flexibility index (Phi) is 5.17. The van der Waals surface area contributed by atoms with E-state index in [9.17, 15) is 0 Å². The SMILES string of the molecule is C=C(/C=C/C=C1/N(C)c2c(ccc3ccccc23)C1(C)C)C(C)(C)c1ccccc1C. The fraction of sp³-hybridized carbons (Fsp3) is 0.267. The minimum atomic E-state index is -0.114. The Bertz CT molecular complexity index is 1220. The molecule has 3 aromatic carbocycles. The lowest BCUT2D eigenvalue weighted by Gasteiger charge is -2.28. The third kappa shape index (κ3) is 3.43. The summed E-state index contributed by atoms with van der Waals surface area (Å²) in [5.74, 6) is 0. The first kappa shape index (κ1) is 21.2. The fourth-order valence-electron chi connectivity index (χ4n) is 5.03. The summed E-state index contributed by atoms with van der Waals surface area (Å²) in [6, 6.07) is 21.8. The summed E-state index contributed by atoms with van der Waals surface area (Å²) in [6.07, 6.45) is 6.60. The van der Waals surface area contributed by atoms with Gasteiger partial charge in [0.05, 0.1) is 5.69 Å². The highest BCUT2D eigenvalue weighted by Crippen LogP contribution is 2.49. The van der Waals surface area contributed by atoms with Crippen LogP contribution in [-0.2, 0) is 10.8 Å². The van der Waals surface area contributed by atoms with Crippen molar-refractivity contribution < 1.29 is 0 Å². The van der Waals surface area contributed by atoms with Crippen LogP contribution in [-0.4, -0.2) is 7.05 Å². The van der Waals surface area contributed by atoms with Crippen LogP contribution >= 0.6 is 0 Å². The fourth-order valence-corrected chi connectivity index (χ4v) is 5.03. The Morgan fingerprint density at radius 2 is 1.65 bits per heavy atom. The molecule has 0 amide bonds. The Balaban J connectivity index is 1.67. The van der Waals surface area contributed by atoms with Crippen LogP contribution in [0.5, 0.6) is 0 Å². The lowest BCUT2D eigenvalue weighted by molar-refractivity contribution is 0.635. The van der Waals surface area contributed by atoms with E-state index in [1.807, 2.05) is 0 Å². The maximum atomic E-state index is 4.41. The Hall–Kier alpha value is -3.06. The predicted molar refractivity (Wildman–Crippen MR) is 136 cm³/mol. The second-order valence-electron chi connectivity index (χ2n) is 9.74. The first-order valence-corrected chi connectivity index (χ1v) is 11.1. The van der Waals surface area contributed by atoms with Crippen molar-refractivity contribution in [3.8, 4) is 0 Å². The minimum absolute atomic E-state index is 0.0503. The van der Waals surface area contributed by atoms with Gasteiger partial charge < -0.3 is 4.90 Å². The molecule has 0 fully saturated rings. The number of hydrogen-bond donors (Lipinski definition) is 0. The molecule has 0 N–H and O–H groups in total. The molecule has 0 aromatic heterocycles. The van der Waals surface area contributed by atoms with E-state index in [-0.39, 0.29) is 10.8 Å². The Morgan fingerprint density at radius 3 is 2.39 bits per heavy atom. The molecule has 0 radical (unpaired) electrons. The van der Waals surface area contributed by atoms with Crippen LogP contribution in [0.25, 0.3) is 10.8 Å². The first-order chi connectivity index (χ1) is 14.7.